The van der Waals surface area contributed by atoms with Crippen LogP contribution in [0.4, 0.5) is 5.69 Å². The molecule has 0 aliphatic rings. The van der Waals surface area contributed by atoms with E-state index in [0.29, 0.717) is 0 Å². The van der Waals surface area contributed by atoms with Crippen molar-refractivity contribution in [2.75, 3.05) is 5.73 Å². The third-order valence-electron chi connectivity index (χ3n) is 3.97. The van der Waals surface area contributed by atoms with Gasteiger partial charge in [0.25, 0.3) is 0 Å². The molecular weight excluding hydrogens is 332 g/mol. The van der Waals surface area contributed by atoms with E-state index in [4.69, 9.17) is 10.7 Å². The van der Waals surface area contributed by atoms with Gasteiger partial charge in [0.2, 0.25) is 0 Å². The van der Waals surface area contributed by atoms with Crippen LogP contribution in [0, 0.1) is 20.8 Å². The van der Waals surface area contributed by atoms with Gasteiger partial charge in [-0.05, 0) is 49.4 Å². The zero-order valence-corrected chi connectivity index (χ0v) is 15.9. The van der Waals surface area contributed by atoms with Crippen LogP contribution in [-0.2, 0) is 6.42 Å². The number of rotatable bonds is 3. The van der Waals surface area contributed by atoms with Crippen LogP contribution < -0.4 is 5.73 Å². The number of hydrogen-bond acceptors (Lipinski definition) is 4. The van der Waals surface area contributed by atoms with Crippen molar-refractivity contribution < 1.29 is 0 Å². The molecule has 4 heteroatoms. The monoisotopic (exact) mass is 354 g/mol. The molecule has 1 aromatic heterocycles. The van der Waals surface area contributed by atoms with Gasteiger partial charge in [-0.3, -0.25) is 0 Å². The second-order valence-corrected chi connectivity index (χ2v) is 6.75. The highest BCUT2D eigenvalue weighted by Crippen LogP contribution is 2.26. The quantitative estimate of drug-likeness (QED) is 0.497. The Balaban J connectivity index is 0.00000100. The number of nitrogen functional groups attached to an aromatic ring is 1. The lowest BCUT2D eigenvalue weighted by molar-refractivity contribution is 1.11. The maximum Gasteiger partial charge on any atom is 0.0976 e. The van der Waals surface area contributed by atoms with Gasteiger partial charge >= 0.3 is 0 Å². The summed E-state index contributed by atoms with van der Waals surface area (Å²) >= 11 is 5.55. The maximum atomic E-state index is 5.96. The van der Waals surface area contributed by atoms with E-state index >= 15 is 0 Å². The lowest BCUT2D eigenvalue weighted by Crippen LogP contribution is -1.97. The number of aryl methyl sites for hydroxylation is 3. The van der Waals surface area contributed by atoms with Crippen LogP contribution in [0.25, 0.3) is 11.3 Å². The fourth-order valence-corrected chi connectivity index (χ4v) is 3.33. The number of hydrogen-bond donors (Lipinski definition) is 1. The Labute approximate surface area is 153 Å². The molecule has 2 aromatic carbocycles. The summed E-state index contributed by atoms with van der Waals surface area (Å²) in [6, 6.07) is 12.8. The lowest BCUT2D eigenvalue weighted by Gasteiger charge is -2.08. The molecule has 0 bridgehead atoms. The van der Waals surface area contributed by atoms with Crippen molar-refractivity contribution in [1.82, 2.24) is 4.98 Å². The number of nitrogens with two attached hydrogens (primary N) is 1. The van der Waals surface area contributed by atoms with Crippen LogP contribution in [0.3, 0.4) is 0 Å². The van der Waals surface area contributed by atoms with Crippen molar-refractivity contribution in [3.8, 4) is 11.3 Å². The predicted octanol–water partition coefficient (Wildman–Crippen LogP) is 5.52. The van der Waals surface area contributed by atoms with Crippen LogP contribution in [-0.4, -0.2) is 10.9 Å². The van der Waals surface area contributed by atoms with Gasteiger partial charge in [0.1, 0.15) is 0 Å². The summed E-state index contributed by atoms with van der Waals surface area (Å²) < 4.78 is 0. The lowest BCUT2D eigenvalue weighted by atomic mass is 10.0. The number of nitrogens with zero attached hydrogens (tertiary/aromatic N) is 1. The standard InChI is InChI=1S/C19H20N2S.CH2S/c1-12-4-6-15(7-5-12)18-11-22-19(21-18)10-16-8-14(3)17(20)9-13(16)2;1-2/h4-9,11H,10,20H2,1-3H3;1H2. The normalized spacial score (nSPS) is 10.1. The number of thiocarbonyl (C=S) groups is 1. The van der Waals surface area contributed by atoms with Gasteiger partial charge in [0.15, 0.2) is 0 Å². The topological polar surface area (TPSA) is 38.9 Å². The summed E-state index contributed by atoms with van der Waals surface area (Å²) in [4.78, 5) is 4.79. The third kappa shape index (κ3) is 4.28. The number of aromatic nitrogens is 1. The molecule has 24 heavy (non-hydrogen) atoms. The van der Waals surface area contributed by atoms with Crippen LogP contribution in [0.2, 0.25) is 0 Å². The highest BCUT2D eigenvalue weighted by molar-refractivity contribution is 7.77. The van der Waals surface area contributed by atoms with E-state index in [9.17, 15) is 0 Å². The van der Waals surface area contributed by atoms with Gasteiger partial charge in [0, 0.05) is 23.1 Å². The highest BCUT2D eigenvalue weighted by Gasteiger charge is 2.08. The smallest absolute Gasteiger partial charge is 0.0976 e. The van der Waals surface area contributed by atoms with E-state index in [1.54, 1.807) is 11.3 Å². The number of thiazole rings is 1. The maximum absolute atomic E-state index is 5.96. The van der Waals surface area contributed by atoms with E-state index in [0.717, 1.165) is 28.4 Å². The molecule has 0 atom stereocenters. The molecule has 2 N–H and O–H groups in total. The molecule has 2 nitrogen and oxygen atoms in total. The summed E-state index contributed by atoms with van der Waals surface area (Å²) in [5.74, 6) is 2.83. The van der Waals surface area contributed by atoms with Gasteiger partial charge in [-0.25, -0.2) is 4.98 Å². The molecule has 0 aliphatic carbocycles. The average Bonchev–Trinajstić information content (AvgIpc) is 3.04. The average molecular weight is 355 g/mol. The van der Waals surface area contributed by atoms with Crippen molar-refractivity contribution in [3.05, 3.63) is 69.0 Å². The first-order valence-electron chi connectivity index (χ1n) is 7.69. The van der Waals surface area contributed by atoms with Crippen molar-refractivity contribution in [2.24, 2.45) is 0 Å². The minimum Gasteiger partial charge on any atom is -0.399 e. The number of benzene rings is 2. The molecule has 0 amide bonds. The van der Waals surface area contributed by atoms with Crippen LogP contribution >= 0.6 is 23.6 Å². The highest BCUT2D eigenvalue weighted by atomic mass is 32.1. The molecule has 124 valence electrons. The molecule has 0 radical (unpaired) electrons. The first kappa shape index (κ1) is 18.3. The Kier molecular flexibility index (Phi) is 6.23. The Morgan fingerprint density at radius 3 is 2.38 bits per heavy atom. The molecule has 0 spiro atoms. The molecule has 0 saturated carbocycles. The fourth-order valence-electron chi connectivity index (χ4n) is 2.50. The molecule has 0 unspecified atom stereocenters. The molecule has 3 aromatic rings. The Morgan fingerprint density at radius 1 is 1.04 bits per heavy atom. The molecule has 1 heterocycles. The second-order valence-electron chi connectivity index (χ2n) is 5.80. The Bertz CT molecular complexity index is 820. The molecule has 0 aliphatic heterocycles. The molecule has 0 fully saturated rings. The minimum absolute atomic E-state index is 0.862. The van der Waals surface area contributed by atoms with Crippen molar-refractivity contribution in [1.29, 1.82) is 0 Å². The van der Waals surface area contributed by atoms with E-state index in [-0.39, 0.29) is 0 Å². The van der Waals surface area contributed by atoms with Crippen LogP contribution in [0.5, 0.6) is 0 Å². The SMILES string of the molecule is C=S.Cc1ccc(-c2csc(Cc3cc(C)c(N)cc3C)n2)cc1. The summed E-state index contributed by atoms with van der Waals surface area (Å²) in [5.41, 5.74) is 14.0. The Morgan fingerprint density at radius 2 is 1.71 bits per heavy atom. The van der Waals surface area contributed by atoms with E-state index in [1.807, 2.05) is 0 Å². The fraction of sp³-hybridized carbons (Fsp3) is 0.200. The molecule has 0 saturated heterocycles. The van der Waals surface area contributed by atoms with Crippen LogP contribution in [0.1, 0.15) is 27.3 Å². The third-order valence-corrected chi connectivity index (χ3v) is 4.81. The van der Waals surface area contributed by atoms with E-state index in [1.165, 1.54) is 22.3 Å². The minimum atomic E-state index is 0.862. The first-order chi connectivity index (χ1) is 11.5. The summed E-state index contributed by atoms with van der Waals surface area (Å²) in [5, 5.41) is 3.28. The van der Waals surface area contributed by atoms with Gasteiger partial charge in [-0.15, -0.1) is 11.3 Å². The van der Waals surface area contributed by atoms with Gasteiger partial charge < -0.3 is 5.73 Å². The summed E-state index contributed by atoms with van der Waals surface area (Å²) in [6.45, 7) is 6.26. The summed E-state index contributed by atoms with van der Waals surface area (Å²) in [6.07, 6.45) is 0.865. The second kappa shape index (κ2) is 8.18. The first-order valence-corrected chi connectivity index (χ1v) is 9.14. The van der Waals surface area contributed by atoms with Gasteiger partial charge in [0.05, 0.1) is 10.7 Å². The van der Waals surface area contributed by atoms with Gasteiger partial charge in [-0.1, -0.05) is 48.1 Å². The molecule has 3 rings (SSSR count). The van der Waals surface area contributed by atoms with E-state index in [2.05, 4.69) is 80.6 Å². The predicted molar refractivity (Wildman–Crippen MR) is 110 cm³/mol. The zero-order chi connectivity index (χ0) is 17.7. The number of anilines is 1. The van der Waals surface area contributed by atoms with Gasteiger partial charge in [-0.2, -0.15) is 0 Å². The Hall–Kier alpha value is -2.04. The van der Waals surface area contributed by atoms with Crippen molar-refractivity contribution >= 4 is 35.1 Å². The summed E-state index contributed by atoms with van der Waals surface area (Å²) in [7, 11) is 0. The van der Waals surface area contributed by atoms with Crippen molar-refractivity contribution in [3.63, 3.8) is 0 Å². The molecular formula is C20H22N2S2. The van der Waals surface area contributed by atoms with E-state index < -0.39 is 0 Å². The zero-order valence-electron chi connectivity index (χ0n) is 14.3. The van der Waals surface area contributed by atoms with Crippen molar-refractivity contribution in [2.45, 2.75) is 27.2 Å². The van der Waals surface area contributed by atoms with Crippen LogP contribution in [0.15, 0.2) is 41.8 Å². The largest absolute Gasteiger partial charge is 0.399 e.